The number of hydrogen-bond donors (Lipinski definition) is 2. The molecule has 0 aliphatic heterocycles. The van der Waals surface area contributed by atoms with Gasteiger partial charge in [0.15, 0.2) is 5.58 Å². The molecule has 0 fully saturated rings. The molecule has 0 saturated carbocycles. The molecule has 10 heteroatoms. The van der Waals surface area contributed by atoms with Crippen molar-refractivity contribution in [1.29, 1.82) is 0 Å². The smallest absolute Gasteiger partial charge is 0.408 e. The van der Waals surface area contributed by atoms with Crippen LogP contribution in [0.2, 0.25) is 0 Å². The van der Waals surface area contributed by atoms with E-state index in [4.69, 9.17) is 4.42 Å². The summed E-state index contributed by atoms with van der Waals surface area (Å²) in [6.07, 6.45) is 3.58. The van der Waals surface area contributed by atoms with Crippen molar-refractivity contribution in [3.63, 3.8) is 0 Å². The van der Waals surface area contributed by atoms with E-state index in [1.54, 1.807) is 18.5 Å². The number of carbonyl (C=O) groups excluding carboxylic acids is 1. The van der Waals surface area contributed by atoms with E-state index in [9.17, 15) is 18.0 Å². The van der Waals surface area contributed by atoms with E-state index in [0.717, 1.165) is 5.56 Å². The molecule has 0 spiro atoms. The van der Waals surface area contributed by atoms with Crippen LogP contribution < -0.4 is 15.8 Å². The molecule has 2 N–H and O–H groups in total. The number of amides is 1. The van der Waals surface area contributed by atoms with E-state index >= 15 is 0 Å². The van der Waals surface area contributed by atoms with Gasteiger partial charge in [0.2, 0.25) is 15.9 Å². The van der Waals surface area contributed by atoms with Crippen LogP contribution in [0.1, 0.15) is 25.8 Å². The molecule has 0 unspecified atom stereocenters. The molecule has 2 aromatic heterocycles. The SMILES string of the molecule is CC(C)C[C@H](NS(=O)(=O)c1ccc2c(c1)oc(=O)n2C)C(=O)NCc1cccnc1. The molecular weight excluding hydrogens is 408 g/mol. The van der Waals surface area contributed by atoms with Gasteiger partial charge in [0.1, 0.15) is 6.04 Å². The number of rotatable bonds is 8. The summed E-state index contributed by atoms with van der Waals surface area (Å²) in [6.45, 7) is 4.05. The number of sulfonamides is 1. The Morgan fingerprint density at radius 2 is 2.03 bits per heavy atom. The molecule has 0 radical (unpaired) electrons. The van der Waals surface area contributed by atoms with Crippen LogP contribution in [0, 0.1) is 5.92 Å². The first-order valence-corrected chi connectivity index (χ1v) is 10.9. The largest absolute Gasteiger partial charge is 0.419 e. The Labute approximate surface area is 174 Å². The lowest BCUT2D eigenvalue weighted by Gasteiger charge is -2.20. The van der Waals surface area contributed by atoms with Crippen molar-refractivity contribution in [2.24, 2.45) is 13.0 Å². The first kappa shape index (κ1) is 21.7. The van der Waals surface area contributed by atoms with Crippen LogP contribution in [0.25, 0.3) is 11.1 Å². The quantitative estimate of drug-likeness (QED) is 0.557. The summed E-state index contributed by atoms with van der Waals surface area (Å²) >= 11 is 0. The molecule has 3 aromatic rings. The summed E-state index contributed by atoms with van der Waals surface area (Å²) in [5.74, 6) is -0.931. The number of aromatic nitrogens is 2. The van der Waals surface area contributed by atoms with Crippen LogP contribution in [-0.4, -0.2) is 29.9 Å². The average molecular weight is 433 g/mol. The molecule has 3 rings (SSSR count). The van der Waals surface area contributed by atoms with Gasteiger partial charge in [-0.3, -0.25) is 14.3 Å². The van der Waals surface area contributed by atoms with Crippen molar-refractivity contribution in [2.45, 2.75) is 37.8 Å². The highest BCUT2D eigenvalue weighted by molar-refractivity contribution is 7.89. The van der Waals surface area contributed by atoms with Crippen LogP contribution in [0.15, 0.2) is 56.8 Å². The molecule has 30 heavy (non-hydrogen) atoms. The van der Waals surface area contributed by atoms with Crippen molar-refractivity contribution in [1.82, 2.24) is 19.6 Å². The van der Waals surface area contributed by atoms with Crippen LogP contribution in [0.5, 0.6) is 0 Å². The topological polar surface area (TPSA) is 123 Å². The summed E-state index contributed by atoms with van der Waals surface area (Å²) in [7, 11) is -2.49. The molecular formula is C20H24N4O5S. The number of aryl methyl sites for hydroxylation is 1. The van der Waals surface area contributed by atoms with Gasteiger partial charge in [0.05, 0.1) is 10.4 Å². The standard InChI is InChI=1S/C20H24N4O5S/c1-13(2)9-16(19(25)22-12-14-5-4-8-21-11-14)23-30(27,28)15-6-7-17-18(10-15)29-20(26)24(17)3/h4-8,10-11,13,16,23H,9,12H2,1-3H3,(H,22,25)/t16-/m0/s1. The molecule has 2 heterocycles. The number of oxazole rings is 1. The van der Waals surface area contributed by atoms with Gasteiger partial charge in [-0.1, -0.05) is 19.9 Å². The van der Waals surface area contributed by atoms with Crippen molar-refractivity contribution in [2.75, 3.05) is 0 Å². The van der Waals surface area contributed by atoms with E-state index < -0.39 is 27.7 Å². The lowest BCUT2D eigenvalue weighted by atomic mass is 10.0. The highest BCUT2D eigenvalue weighted by atomic mass is 32.2. The molecule has 0 saturated heterocycles. The fourth-order valence-electron chi connectivity index (χ4n) is 3.03. The van der Waals surface area contributed by atoms with Crippen LogP contribution >= 0.6 is 0 Å². The van der Waals surface area contributed by atoms with Gasteiger partial charge < -0.3 is 9.73 Å². The van der Waals surface area contributed by atoms with Crippen LogP contribution in [0.4, 0.5) is 0 Å². The summed E-state index contributed by atoms with van der Waals surface area (Å²) in [6, 6.07) is 6.77. The van der Waals surface area contributed by atoms with Crippen LogP contribution in [0.3, 0.4) is 0 Å². The summed E-state index contributed by atoms with van der Waals surface area (Å²) < 4.78 is 34.7. The van der Waals surface area contributed by atoms with Gasteiger partial charge in [0.25, 0.3) is 0 Å². The molecule has 0 aliphatic rings. The highest BCUT2D eigenvalue weighted by Crippen LogP contribution is 2.19. The second-order valence-electron chi connectivity index (χ2n) is 7.44. The maximum Gasteiger partial charge on any atom is 0.419 e. The summed E-state index contributed by atoms with van der Waals surface area (Å²) in [5, 5.41) is 2.75. The molecule has 0 bridgehead atoms. The third kappa shape index (κ3) is 4.95. The Morgan fingerprint density at radius 3 is 2.70 bits per heavy atom. The van der Waals surface area contributed by atoms with E-state index in [-0.39, 0.29) is 22.9 Å². The zero-order chi connectivity index (χ0) is 21.9. The molecule has 1 amide bonds. The van der Waals surface area contributed by atoms with Crippen molar-refractivity contribution in [3.8, 4) is 0 Å². The van der Waals surface area contributed by atoms with Gasteiger partial charge in [-0.2, -0.15) is 4.72 Å². The minimum Gasteiger partial charge on any atom is -0.408 e. The van der Waals surface area contributed by atoms with Gasteiger partial charge >= 0.3 is 5.76 Å². The fraction of sp³-hybridized carbons (Fsp3) is 0.350. The Bertz CT molecular complexity index is 1200. The fourth-order valence-corrected chi connectivity index (χ4v) is 4.26. The first-order chi connectivity index (χ1) is 14.2. The number of benzene rings is 1. The minimum atomic E-state index is -4.02. The monoisotopic (exact) mass is 432 g/mol. The predicted molar refractivity (Wildman–Crippen MR) is 111 cm³/mol. The second kappa shape index (κ2) is 8.80. The number of carbonyl (C=O) groups is 1. The Balaban J connectivity index is 1.80. The maximum absolute atomic E-state index is 12.9. The number of fused-ring (bicyclic) bond motifs is 1. The van der Waals surface area contributed by atoms with E-state index in [0.29, 0.717) is 11.9 Å². The molecule has 9 nitrogen and oxygen atoms in total. The first-order valence-electron chi connectivity index (χ1n) is 9.46. The minimum absolute atomic E-state index is 0.0801. The zero-order valence-corrected chi connectivity index (χ0v) is 17.8. The Kier molecular flexibility index (Phi) is 6.37. The van der Waals surface area contributed by atoms with Crippen LogP contribution in [-0.2, 0) is 28.4 Å². The van der Waals surface area contributed by atoms with Gasteiger partial charge in [-0.25, -0.2) is 13.2 Å². The third-order valence-electron chi connectivity index (χ3n) is 4.58. The molecule has 0 aliphatic carbocycles. The highest BCUT2D eigenvalue weighted by Gasteiger charge is 2.27. The molecule has 160 valence electrons. The second-order valence-corrected chi connectivity index (χ2v) is 9.15. The van der Waals surface area contributed by atoms with Crippen molar-refractivity contribution in [3.05, 3.63) is 58.8 Å². The van der Waals surface area contributed by atoms with Gasteiger partial charge in [-0.15, -0.1) is 0 Å². The van der Waals surface area contributed by atoms with Crippen molar-refractivity contribution >= 4 is 27.0 Å². The summed E-state index contributed by atoms with van der Waals surface area (Å²) in [4.78, 5) is 28.3. The number of pyridine rings is 1. The normalized spacial score (nSPS) is 12.9. The lowest BCUT2D eigenvalue weighted by molar-refractivity contribution is -0.123. The lowest BCUT2D eigenvalue weighted by Crippen LogP contribution is -2.47. The van der Waals surface area contributed by atoms with E-state index in [1.165, 1.54) is 29.8 Å². The Hall–Kier alpha value is -2.98. The number of nitrogens with one attached hydrogen (secondary N) is 2. The average Bonchev–Trinajstić information content (AvgIpc) is 2.99. The van der Waals surface area contributed by atoms with Crippen molar-refractivity contribution < 1.29 is 17.6 Å². The van der Waals surface area contributed by atoms with Gasteiger partial charge in [-0.05, 0) is 36.1 Å². The van der Waals surface area contributed by atoms with E-state index in [2.05, 4.69) is 15.0 Å². The predicted octanol–water partition coefficient (Wildman–Crippen LogP) is 1.54. The van der Waals surface area contributed by atoms with E-state index in [1.807, 2.05) is 19.9 Å². The molecule has 1 aromatic carbocycles. The zero-order valence-electron chi connectivity index (χ0n) is 17.0. The Morgan fingerprint density at radius 1 is 1.27 bits per heavy atom. The summed E-state index contributed by atoms with van der Waals surface area (Å²) in [5.41, 5.74) is 1.44. The maximum atomic E-state index is 12.9. The third-order valence-corrected chi connectivity index (χ3v) is 6.05. The van der Waals surface area contributed by atoms with Gasteiger partial charge in [0, 0.05) is 32.1 Å². The number of nitrogens with zero attached hydrogens (tertiary/aromatic N) is 2. The molecule has 1 atom stereocenters. The number of hydrogen-bond acceptors (Lipinski definition) is 6.